The molecule has 132 valence electrons. The molecule has 5 nitrogen and oxygen atoms in total. The fourth-order valence-corrected chi connectivity index (χ4v) is 3.84. The van der Waals surface area contributed by atoms with Crippen LogP contribution in [0.25, 0.3) is 0 Å². The van der Waals surface area contributed by atoms with Crippen molar-refractivity contribution in [2.24, 2.45) is 0 Å². The van der Waals surface area contributed by atoms with Crippen molar-refractivity contribution < 1.29 is 17.6 Å². The van der Waals surface area contributed by atoms with E-state index in [0.717, 1.165) is 30.5 Å². The molecule has 0 spiro atoms. The standard InChI is InChI=1S/C18H19FN2O3S/c1-12-2-7-15(8-3-12)25(23,24)17-10-13(19)4-9-16(17)20-11-18(22)21-14-5-6-14/h2-4,7-10,14,20H,5-6,11H2,1H3,(H,21,22). The van der Waals surface area contributed by atoms with E-state index >= 15 is 0 Å². The summed E-state index contributed by atoms with van der Waals surface area (Å²) in [7, 11) is -3.90. The summed E-state index contributed by atoms with van der Waals surface area (Å²) in [5.74, 6) is -0.871. The van der Waals surface area contributed by atoms with E-state index in [1.807, 2.05) is 6.92 Å². The first-order chi connectivity index (χ1) is 11.9. The molecule has 1 amide bonds. The Hall–Kier alpha value is -2.41. The van der Waals surface area contributed by atoms with Crippen LogP contribution in [0.3, 0.4) is 0 Å². The van der Waals surface area contributed by atoms with Gasteiger partial charge in [0.05, 0.1) is 22.0 Å². The monoisotopic (exact) mass is 362 g/mol. The normalized spacial score (nSPS) is 14.2. The Morgan fingerprint density at radius 2 is 1.84 bits per heavy atom. The Balaban J connectivity index is 1.87. The lowest BCUT2D eigenvalue weighted by molar-refractivity contribution is -0.119. The minimum Gasteiger partial charge on any atom is -0.375 e. The lowest BCUT2D eigenvalue weighted by Gasteiger charge is -2.13. The number of hydrogen-bond donors (Lipinski definition) is 2. The number of halogens is 1. The second-order valence-electron chi connectivity index (χ2n) is 6.15. The van der Waals surface area contributed by atoms with E-state index in [9.17, 15) is 17.6 Å². The zero-order chi connectivity index (χ0) is 18.0. The van der Waals surface area contributed by atoms with Gasteiger partial charge in [-0.2, -0.15) is 0 Å². The number of carbonyl (C=O) groups is 1. The summed E-state index contributed by atoms with van der Waals surface area (Å²) >= 11 is 0. The highest BCUT2D eigenvalue weighted by atomic mass is 32.2. The lowest BCUT2D eigenvalue weighted by atomic mass is 10.2. The van der Waals surface area contributed by atoms with Gasteiger partial charge in [0.1, 0.15) is 5.82 Å². The third-order valence-corrected chi connectivity index (χ3v) is 5.76. The second kappa shape index (κ2) is 6.84. The van der Waals surface area contributed by atoms with Gasteiger partial charge in [-0.15, -0.1) is 0 Å². The van der Waals surface area contributed by atoms with Gasteiger partial charge in [-0.25, -0.2) is 12.8 Å². The lowest BCUT2D eigenvalue weighted by Crippen LogP contribution is -2.31. The van der Waals surface area contributed by atoms with E-state index in [2.05, 4.69) is 10.6 Å². The summed E-state index contributed by atoms with van der Waals surface area (Å²) in [6.07, 6.45) is 1.94. The first kappa shape index (κ1) is 17.4. The molecule has 0 aromatic heterocycles. The predicted molar refractivity (Wildman–Crippen MR) is 92.7 cm³/mol. The molecule has 0 aliphatic heterocycles. The van der Waals surface area contributed by atoms with Crippen LogP contribution in [0.15, 0.2) is 52.3 Å². The van der Waals surface area contributed by atoms with E-state index in [1.54, 1.807) is 12.1 Å². The molecule has 0 heterocycles. The van der Waals surface area contributed by atoms with Crippen molar-refractivity contribution in [2.75, 3.05) is 11.9 Å². The van der Waals surface area contributed by atoms with Crippen molar-refractivity contribution in [3.05, 3.63) is 53.8 Å². The number of nitrogens with one attached hydrogen (secondary N) is 2. The number of hydrogen-bond acceptors (Lipinski definition) is 4. The number of benzene rings is 2. The van der Waals surface area contributed by atoms with Crippen LogP contribution >= 0.6 is 0 Å². The summed E-state index contributed by atoms with van der Waals surface area (Å²) in [6, 6.07) is 10.0. The van der Waals surface area contributed by atoms with Crippen LogP contribution < -0.4 is 10.6 Å². The third-order valence-electron chi connectivity index (χ3n) is 3.95. The molecule has 1 aliphatic carbocycles. The Labute approximate surface area is 146 Å². The van der Waals surface area contributed by atoms with Gasteiger partial charge in [0.15, 0.2) is 0 Å². The number of carbonyl (C=O) groups excluding carboxylic acids is 1. The van der Waals surface area contributed by atoms with Crippen LogP contribution in [0.5, 0.6) is 0 Å². The highest BCUT2D eigenvalue weighted by molar-refractivity contribution is 7.91. The predicted octanol–water partition coefficient (Wildman–Crippen LogP) is 2.66. The van der Waals surface area contributed by atoms with Crippen LogP contribution in [0.4, 0.5) is 10.1 Å². The summed E-state index contributed by atoms with van der Waals surface area (Å²) in [4.78, 5) is 11.7. The van der Waals surface area contributed by atoms with Crippen molar-refractivity contribution in [2.45, 2.75) is 35.6 Å². The van der Waals surface area contributed by atoms with Crippen molar-refractivity contribution >= 4 is 21.4 Å². The van der Waals surface area contributed by atoms with Crippen LogP contribution in [-0.2, 0) is 14.6 Å². The van der Waals surface area contributed by atoms with Crippen molar-refractivity contribution in [1.82, 2.24) is 5.32 Å². The highest BCUT2D eigenvalue weighted by Gasteiger charge is 2.25. The Morgan fingerprint density at radius 1 is 1.16 bits per heavy atom. The van der Waals surface area contributed by atoms with E-state index in [0.29, 0.717) is 0 Å². The van der Waals surface area contributed by atoms with Crippen molar-refractivity contribution in [1.29, 1.82) is 0 Å². The summed E-state index contributed by atoms with van der Waals surface area (Å²) in [5, 5.41) is 5.61. The van der Waals surface area contributed by atoms with Crippen molar-refractivity contribution in [3.8, 4) is 0 Å². The Morgan fingerprint density at radius 3 is 2.48 bits per heavy atom. The molecular weight excluding hydrogens is 343 g/mol. The van der Waals surface area contributed by atoms with Gasteiger partial charge in [0, 0.05) is 6.04 Å². The molecule has 0 radical (unpaired) electrons. The molecule has 7 heteroatoms. The van der Waals surface area contributed by atoms with E-state index in [1.165, 1.54) is 18.2 Å². The molecule has 0 unspecified atom stereocenters. The molecule has 3 rings (SSSR count). The van der Waals surface area contributed by atoms with E-state index in [-0.39, 0.29) is 34.0 Å². The molecular formula is C18H19FN2O3S. The molecule has 0 bridgehead atoms. The fraction of sp³-hybridized carbons (Fsp3) is 0.278. The van der Waals surface area contributed by atoms with Crippen LogP contribution in [0.2, 0.25) is 0 Å². The third kappa shape index (κ3) is 4.17. The molecule has 2 aromatic carbocycles. The molecule has 2 N–H and O–H groups in total. The summed E-state index contributed by atoms with van der Waals surface area (Å²) < 4.78 is 39.4. The number of rotatable bonds is 6. The van der Waals surface area contributed by atoms with Gasteiger partial charge in [-0.05, 0) is 50.1 Å². The number of aryl methyl sites for hydroxylation is 1. The molecule has 2 aromatic rings. The number of sulfone groups is 1. The fourth-order valence-electron chi connectivity index (χ4n) is 2.39. The maximum Gasteiger partial charge on any atom is 0.239 e. The zero-order valence-corrected chi connectivity index (χ0v) is 14.6. The maximum atomic E-state index is 13.7. The topological polar surface area (TPSA) is 75.3 Å². The first-order valence-corrected chi connectivity index (χ1v) is 9.49. The molecule has 0 atom stereocenters. The molecule has 0 saturated heterocycles. The molecule has 1 saturated carbocycles. The van der Waals surface area contributed by atoms with Crippen molar-refractivity contribution in [3.63, 3.8) is 0 Å². The first-order valence-electron chi connectivity index (χ1n) is 8.01. The minimum absolute atomic E-state index is 0.0709. The SMILES string of the molecule is Cc1ccc(S(=O)(=O)c2cc(F)ccc2NCC(=O)NC2CC2)cc1. The Kier molecular flexibility index (Phi) is 4.76. The van der Waals surface area contributed by atoms with Crippen LogP contribution in [0, 0.1) is 12.7 Å². The minimum atomic E-state index is -3.90. The molecule has 1 aliphatic rings. The number of amides is 1. The number of anilines is 1. The smallest absolute Gasteiger partial charge is 0.239 e. The van der Waals surface area contributed by atoms with Crippen LogP contribution in [-0.4, -0.2) is 26.9 Å². The largest absolute Gasteiger partial charge is 0.375 e. The van der Waals surface area contributed by atoms with Gasteiger partial charge in [-0.3, -0.25) is 4.79 Å². The maximum absolute atomic E-state index is 13.7. The molecule has 1 fully saturated rings. The summed E-state index contributed by atoms with van der Waals surface area (Å²) in [5.41, 5.74) is 1.13. The molecule has 25 heavy (non-hydrogen) atoms. The average molecular weight is 362 g/mol. The van der Waals surface area contributed by atoms with Gasteiger partial charge < -0.3 is 10.6 Å². The quantitative estimate of drug-likeness (QED) is 0.828. The van der Waals surface area contributed by atoms with E-state index < -0.39 is 15.7 Å². The summed E-state index contributed by atoms with van der Waals surface area (Å²) in [6.45, 7) is 1.78. The van der Waals surface area contributed by atoms with E-state index in [4.69, 9.17) is 0 Å². The van der Waals surface area contributed by atoms with Gasteiger partial charge in [0.2, 0.25) is 15.7 Å². The highest BCUT2D eigenvalue weighted by Crippen LogP contribution is 2.28. The van der Waals surface area contributed by atoms with Gasteiger partial charge >= 0.3 is 0 Å². The second-order valence-corrected chi connectivity index (χ2v) is 8.07. The van der Waals surface area contributed by atoms with Gasteiger partial charge in [-0.1, -0.05) is 17.7 Å². The Bertz CT molecular complexity index is 891. The van der Waals surface area contributed by atoms with Crippen LogP contribution in [0.1, 0.15) is 18.4 Å². The van der Waals surface area contributed by atoms with Gasteiger partial charge in [0.25, 0.3) is 0 Å². The zero-order valence-electron chi connectivity index (χ0n) is 13.8. The average Bonchev–Trinajstić information content (AvgIpc) is 3.38.